The average Bonchev–Trinajstić information content (AvgIpc) is 2.72. The van der Waals surface area contributed by atoms with Crippen molar-refractivity contribution in [1.82, 2.24) is 15.8 Å². The van der Waals surface area contributed by atoms with Gasteiger partial charge in [-0.05, 0) is 13.8 Å². The lowest BCUT2D eigenvalue weighted by Gasteiger charge is -2.10. The number of nitrogens with one attached hydrogen (secondary N) is 2. The molecule has 0 fully saturated rings. The Balaban J connectivity index is 2.39. The van der Waals surface area contributed by atoms with Gasteiger partial charge in [0.2, 0.25) is 11.8 Å². The van der Waals surface area contributed by atoms with E-state index in [4.69, 9.17) is 10.3 Å². The number of amides is 3. The number of aromatic nitrogens is 1. The highest BCUT2D eigenvalue weighted by Crippen LogP contribution is 2.00. The molecule has 0 bridgehead atoms. The van der Waals surface area contributed by atoms with Crippen LogP contribution in [0, 0.1) is 6.92 Å². The fraction of sp³-hybridized carbons (Fsp3) is 0.400. The van der Waals surface area contributed by atoms with Crippen LogP contribution < -0.4 is 16.4 Å². The lowest BCUT2D eigenvalue weighted by molar-refractivity contribution is -0.126. The first-order chi connectivity index (χ1) is 8.40. The summed E-state index contributed by atoms with van der Waals surface area (Å²) in [5.74, 6) is -1.21. The van der Waals surface area contributed by atoms with E-state index in [1.54, 1.807) is 6.92 Å². The Bertz CT molecular complexity index is 468. The van der Waals surface area contributed by atoms with Gasteiger partial charge in [-0.25, -0.2) is 0 Å². The first-order valence-corrected chi connectivity index (χ1v) is 5.20. The van der Waals surface area contributed by atoms with Gasteiger partial charge in [-0.2, -0.15) is 0 Å². The second kappa shape index (κ2) is 5.80. The molecule has 0 aliphatic carbocycles. The van der Waals surface area contributed by atoms with Gasteiger partial charge in [-0.1, -0.05) is 5.16 Å². The molecule has 1 unspecified atom stereocenters. The summed E-state index contributed by atoms with van der Waals surface area (Å²) in [6.45, 7) is 2.82. The van der Waals surface area contributed by atoms with Crippen molar-refractivity contribution in [3.05, 3.63) is 17.5 Å². The van der Waals surface area contributed by atoms with Gasteiger partial charge in [0.1, 0.15) is 11.8 Å². The van der Waals surface area contributed by atoms with Crippen molar-refractivity contribution in [1.29, 1.82) is 0 Å². The number of hydrogen-bond donors (Lipinski definition) is 3. The van der Waals surface area contributed by atoms with Crippen molar-refractivity contribution in [3.8, 4) is 0 Å². The van der Waals surface area contributed by atoms with E-state index < -0.39 is 23.8 Å². The lowest BCUT2D eigenvalue weighted by atomic mass is 10.3. The van der Waals surface area contributed by atoms with Gasteiger partial charge in [0.25, 0.3) is 5.91 Å². The van der Waals surface area contributed by atoms with Crippen molar-refractivity contribution in [2.45, 2.75) is 19.9 Å². The van der Waals surface area contributed by atoms with Crippen LogP contribution in [0.3, 0.4) is 0 Å². The predicted molar refractivity (Wildman–Crippen MR) is 60.4 cm³/mol. The fourth-order valence-electron chi connectivity index (χ4n) is 1.09. The molecule has 0 aliphatic heterocycles. The molecule has 1 atom stereocenters. The second-order valence-corrected chi connectivity index (χ2v) is 3.70. The zero-order valence-electron chi connectivity index (χ0n) is 10.0. The largest absolute Gasteiger partial charge is 0.368 e. The number of carbonyl (C=O) groups is 3. The van der Waals surface area contributed by atoms with E-state index in [1.165, 1.54) is 13.0 Å². The predicted octanol–water partition coefficient (Wildman–Crippen LogP) is -1.30. The van der Waals surface area contributed by atoms with E-state index in [0.29, 0.717) is 5.76 Å². The molecular formula is C10H14N4O4. The third-order valence-corrected chi connectivity index (χ3v) is 2.07. The monoisotopic (exact) mass is 254 g/mol. The van der Waals surface area contributed by atoms with Gasteiger partial charge >= 0.3 is 0 Å². The molecule has 8 heteroatoms. The molecule has 18 heavy (non-hydrogen) atoms. The first kappa shape index (κ1) is 13.7. The number of nitrogens with two attached hydrogens (primary N) is 1. The summed E-state index contributed by atoms with van der Waals surface area (Å²) in [7, 11) is 0. The van der Waals surface area contributed by atoms with E-state index in [1.807, 2.05) is 0 Å². The SMILES string of the molecule is Cc1cc(C(=O)NCC(=O)NC(C)C(N)=O)no1. The average molecular weight is 254 g/mol. The number of rotatable bonds is 5. The molecule has 0 aromatic carbocycles. The summed E-state index contributed by atoms with van der Waals surface area (Å²) in [5, 5.41) is 8.14. The number of aryl methyl sites for hydroxylation is 1. The lowest BCUT2D eigenvalue weighted by Crippen LogP contribution is -2.46. The molecule has 1 rings (SSSR count). The van der Waals surface area contributed by atoms with Gasteiger partial charge in [0, 0.05) is 6.07 Å². The molecule has 0 saturated carbocycles. The maximum atomic E-state index is 11.5. The molecule has 1 aromatic rings. The van der Waals surface area contributed by atoms with Crippen molar-refractivity contribution < 1.29 is 18.9 Å². The van der Waals surface area contributed by atoms with Gasteiger partial charge in [-0.3, -0.25) is 14.4 Å². The summed E-state index contributed by atoms with van der Waals surface area (Å²) < 4.78 is 4.72. The smallest absolute Gasteiger partial charge is 0.273 e. The topological polar surface area (TPSA) is 127 Å². The van der Waals surface area contributed by atoms with Crippen LogP contribution in [-0.4, -0.2) is 35.5 Å². The number of primary amides is 1. The van der Waals surface area contributed by atoms with Crippen LogP contribution in [0.5, 0.6) is 0 Å². The molecule has 0 spiro atoms. The summed E-state index contributed by atoms with van der Waals surface area (Å²) in [6.07, 6.45) is 0. The van der Waals surface area contributed by atoms with Crippen LogP contribution in [-0.2, 0) is 9.59 Å². The molecule has 0 saturated heterocycles. The van der Waals surface area contributed by atoms with Gasteiger partial charge in [0.15, 0.2) is 5.69 Å². The molecular weight excluding hydrogens is 240 g/mol. The minimum Gasteiger partial charge on any atom is -0.368 e. The van der Waals surface area contributed by atoms with Crippen LogP contribution in [0.4, 0.5) is 0 Å². The molecule has 1 aromatic heterocycles. The van der Waals surface area contributed by atoms with Crippen molar-refractivity contribution in [3.63, 3.8) is 0 Å². The van der Waals surface area contributed by atoms with Crippen LogP contribution in [0.15, 0.2) is 10.6 Å². The van der Waals surface area contributed by atoms with Gasteiger partial charge in [0.05, 0.1) is 6.54 Å². The fourth-order valence-corrected chi connectivity index (χ4v) is 1.09. The van der Waals surface area contributed by atoms with Crippen molar-refractivity contribution in [2.75, 3.05) is 6.54 Å². The number of hydrogen-bond acceptors (Lipinski definition) is 5. The Labute approximate surface area is 103 Å². The van der Waals surface area contributed by atoms with E-state index in [2.05, 4.69) is 15.8 Å². The Hall–Kier alpha value is -2.38. The summed E-state index contributed by atoms with van der Waals surface area (Å²) in [4.78, 5) is 33.5. The summed E-state index contributed by atoms with van der Waals surface area (Å²) in [6, 6.07) is 0.655. The molecule has 8 nitrogen and oxygen atoms in total. The first-order valence-electron chi connectivity index (χ1n) is 5.20. The number of carbonyl (C=O) groups excluding carboxylic acids is 3. The Morgan fingerprint density at radius 3 is 2.67 bits per heavy atom. The molecule has 0 radical (unpaired) electrons. The Morgan fingerprint density at radius 2 is 2.17 bits per heavy atom. The third-order valence-electron chi connectivity index (χ3n) is 2.07. The van der Waals surface area contributed by atoms with Crippen LogP contribution in [0.25, 0.3) is 0 Å². The van der Waals surface area contributed by atoms with Crippen LogP contribution in [0.1, 0.15) is 23.2 Å². The molecule has 98 valence electrons. The molecule has 1 heterocycles. The summed E-state index contributed by atoms with van der Waals surface area (Å²) in [5.41, 5.74) is 5.06. The molecule has 0 aliphatic rings. The van der Waals surface area contributed by atoms with Crippen LogP contribution in [0.2, 0.25) is 0 Å². The van der Waals surface area contributed by atoms with E-state index >= 15 is 0 Å². The minimum atomic E-state index is -0.788. The van der Waals surface area contributed by atoms with E-state index in [9.17, 15) is 14.4 Å². The summed E-state index contributed by atoms with van der Waals surface area (Å²) >= 11 is 0. The maximum Gasteiger partial charge on any atom is 0.273 e. The zero-order chi connectivity index (χ0) is 13.7. The Morgan fingerprint density at radius 1 is 1.50 bits per heavy atom. The van der Waals surface area contributed by atoms with Gasteiger partial charge in [-0.15, -0.1) is 0 Å². The van der Waals surface area contributed by atoms with Gasteiger partial charge < -0.3 is 20.9 Å². The Kier molecular flexibility index (Phi) is 4.41. The quantitative estimate of drug-likeness (QED) is 0.602. The number of nitrogens with zero attached hydrogens (tertiary/aromatic N) is 1. The van der Waals surface area contributed by atoms with E-state index in [0.717, 1.165) is 0 Å². The van der Waals surface area contributed by atoms with E-state index in [-0.39, 0.29) is 12.2 Å². The third kappa shape index (κ3) is 3.89. The highest BCUT2D eigenvalue weighted by atomic mass is 16.5. The zero-order valence-corrected chi connectivity index (χ0v) is 10.0. The second-order valence-electron chi connectivity index (χ2n) is 3.70. The molecule has 3 amide bonds. The minimum absolute atomic E-state index is 0.0863. The normalized spacial score (nSPS) is 11.7. The van der Waals surface area contributed by atoms with Crippen molar-refractivity contribution >= 4 is 17.7 Å². The highest BCUT2D eigenvalue weighted by Gasteiger charge is 2.15. The standard InChI is InChI=1S/C10H14N4O4/c1-5-3-7(14-18-5)10(17)12-4-8(15)13-6(2)9(11)16/h3,6H,4H2,1-2H3,(H2,11,16)(H,12,17)(H,13,15). The maximum absolute atomic E-state index is 11.5. The van der Waals surface area contributed by atoms with Crippen LogP contribution >= 0.6 is 0 Å². The molecule has 4 N–H and O–H groups in total. The highest BCUT2D eigenvalue weighted by molar-refractivity contribution is 5.95. The van der Waals surface area contributed by atoms with Crippen molar-refractivity contribution in [2.24, 2.45) is 5.73 Å².